The standard InChI is InChI=1S/C18H18N2O4S/c1-20-16-7-6-13(10-12(16)11-18(20)21)25(22,23)19-15-8-9-24-17-5-3-2-4-14(15)17/h2-7,10,15,19H,8-9,11H2,1H3. The Morgan fingerprint density at radius 2 is 2.00 bits per heavy atom. The van der Waals surface area contributed by atoms with Crippen molar-refractivity contribution >= 4 is 21.6 Å². The van der Waals surface area contributed by atoms with Crippen LogP contribution in [0.4, 0.5) is 5.69 Å². The zero-order chi connectivity index (χ0) is 17.6. The molecule has 0 aliphatic carbocycles. The van der Waals surface area contributed by atoms with Gasteiger partial charge in [0.05, 0.1) is 24.0 Å². The summed E-state index contributed by atoms with van der Waals surface area (Å²) in [5.74, 6) is 0.679. The molecule has 1 atom stereocenters. The second-order valence-corrected chi connectivity index (χ2v) is 7.98. The van der Waals surface area contributed by atoms with Gasteiger partial charge in [-0.05, 0) is 29.8 Å². The van der Waals surface area contributed by atoms with Crippen molar-refractivity contribution in [3.63, 3.8) is 0 Å². The lowest BCUT2D eigenvalue weighted by molar-refractivity contribution is -0.117. The van der Waals surface area contributed by atoms with E-state index in [1.165, 1.54) is 0 Å². The fraction of sp³-hybridized carbons (Fsp3) is 0.278. The van der Waals surface area contributed by atoms with Crippen molar-refractivity contribution < 1.29 is 17.9 Å². The van der Waals surface area contributed by atoms with Crippen LogP contribution in [0.25, 0.3) is 0 Å². The number of likely N-dealkylation sites (N-methyl/N-ethyl adjacent to an activating group) is 1. The zero-order valence-corrected chi connectivity index (χ0v) is 14.5. The lowest BCUT2D eigenvalue weighted by atomic mass is 10.0. The van der Waals surface area contributed by atoms with E-state index in [2.05, 4.69) is 4.72 Å². The molecule has 7 heteroatoms. The van der Waals surface area contributed by atoms with Gasteiger partial charge in [-0.3, -0.25) is 4.79 Å². The highest BCUT2D eigenvalue weighted by Crippen LogP contribution is 2.34. The second-order valence-electron chi connectivity index (χ2n) is 6.27. The molecule has 1 amide bonds. The molecule has 2 aromatic carbocycles. The predicted molar refractivity (Wildman–Crippen MR) is 93.2 cm³/mol. The van der Waals surface area contributed by atoms with E-state index in [0.717, 1.165) is 16.8 Å². The van der Waals surface area contributed by atoms with Crippen LogP contribution in [0.3, 0.4) is 0 Å². The Hall–Kier alpha value is -2.38. The van der Waals surface area contributed by atoms with Gasteiger partial charge in [-0.1, -0.05) is 18.2 Å². The maximum atomic E-state index is 12.8. The van der Waals surface area contributed by atoms with E-state index in [1.807, 2.05) is 24.3 Å². The Kier molecular flexibility index (Phi) is 3.77. The van der Waals surface area contributed by atoms with Crippen LogP contribution in [0.1, 0.15) is 23.6 Å². The molecule has 0 aromatic heterocycles. The Balaban J connectivity index is 1.64. The van der Waals surface area contributed by atoms with Crippen LogP contribution in [0.15, 0.2) is 47.4 Å². The van der Waals surface area contributed by atoms with E-state index in [4.69, 9.17) is 4.74 Å². The van der Waals surface area contributed by atoms with Gasteiger partial charge in [0.15, 0.2) is 0 Å². The maximum Gasteiger partial charge on any atom is 0.241 e. The van der Waals surface area contributed by atoms with E-state index in [0.29, 0.717) is 18.8 Å². The summed E-state index contributed by atoms with van der Waals surface area (Å²) in [5, 5.41) is 0. The van der Waals surface area contributed by atoms with Gasteiger partial charge in [0.1, 0.15) is 5.75 Å². The summed E-state index contributed by atoms with van der Waals surface area (Å²) in [6.07, 6.45) is 0.803. The van der Waals surface area contributed by atoms with Gasteiger partial charge >= 0.3 is 0 Å². The van der Waals surface area contributed by atoms with Gasteiger partial charge in [-0.2, -0.15) is 0 Å². The first kappa shape index (κ1) is 16.1. The fourth-order valence-electron chi connectivity index (χ4n) is 3.33. The molecule has 0 saturated carbocycles. The van der Waals surface area contributed by atoms with Crippen molar-refractivity contribution in [1.82, 2.24) is 4.72 Å². The van der Waals surface area contributed by atoms with Crippen LogP contribution in [0.5, 0.6) is 5.75 Å². The molecule has 2 aliphatic heterocycles. The summed E-state index contributed by atoms with van der Waals surface area (Å²) >= 11 is 0. The van der Waals surface area contributed by atoms with Crippen LogP contribution in [0.2, 0.25) is 0 Å². The van der Waals surface area contributed by atoms with E-state index in [1.54, 1.807) is 30.1 Å². The number of nitrogens with zero attached hydrogens (tertiary/aromatic N) is 1. The van der Waals surface area contributed by atoms with Crippen molar-refractivity contribution in [1.29, 1.82) is 0 Å². The summed E-state index contributed by atoms with van der Waals surface area (Å²) in [6, 6.07) is 11.9. The number of hydrogen-bond donors (Lipinski definition) is 1. The average molecular weight is 358 g/mol. The number of hydrogen-bond acceptors (Lipinski definition) is 4. The molecule has 0 spiro atoms. The monoisotopic (exact) mass is 358 g/mol. The Morgan fingerprint density at radius 3 is 2.84 bits per heavy atom. The molecule has 4 rings (SSSR count). The molecular weight excluding hydrogens is 340 g/mol. The number of nitrogens with one attached hydrogen (secondary N) is 1. The SMILES string of the molecule is CN1C(=O)Cc2cc(S(=O)(=O)NC3CCOc4ccccc43)ccc21. The third-order valence-electron chi connectivity index (χ3n) is 4.69. The predicted octanol–water partition coefficient (Wildman–Crippen LogP) is 2.01. The number of carbonyl (C=O) groups is 1. The van der Waals surface area contributed by atoms with Gasteiger partial charge in [0.25, 0.3) is 0 Å². The first-order chi connectivity index (χ1) is 12.0. The van der Waals surface area contributed by atoms with E-state index in [-0.39, 0.29) is 23.3 Å². The van der Waals surface area contributed by atoms with Crippen molar-refractivity contribution in [2.45, 2.75) is 23.8 Å². The number of fused-ring (bicyclic) bond motifs is 2. The van der Waals surface area contributed by atoms with E-state index in [9.17, 15) is 13.2 Å². The molecule has 2 heterocycles. The van der Waals surface area contributed by atoms with Gasteiger partial charge in [0.2, 0.25) is 15.9 Å². The van der Waals surface area contributed by atoms with Crippen LogP contribution < -0.4 is 14.4 Å². The van der Waals surface area contributed by atoms with Crippen molar-refractivity contribution in [3.05, 3.63) is 53.6 Å². The van der Waals surface area contributed by atoms with Crippen LogP contribution in [-0.2, 0) is 21.2 Å². The molecular formula is C18H18N2O4S. The zero-order valence-electron chi connectivity index (χ0n) is 13.7. The van der Waals surface area contributed by atoms with Crippen molar-refractivity contribution in [2.24, 2.45) is 0 Å². The minimum Gasteiger partial charge on any atom is -0.493 e. The maximum absolute atomic E-state index is 12.8. The average Bonchev–Trinajstić information content (AvgIpc) is 2.89. The molecule has 0 radical (unpaired) electrons. The van der Waals surface area contributed by atoms with Gasteiger partial charge in [0, 0.05) is 24.7 Å². The third kappa shape index (κ3) is 2.79. The number of rotatable bonds is 3. The number of amides is 1. The van der Waals surface area contributed by atoms with Crippen LogP contribution in [-0.4, -0.2) is 28.0 Å². The molecule has 130 valence electrons. The van der Waals surface area contributed by atoms with Gasteiger partial charge in [-0.15, -0.1) is 0 Å². The largest absolute Gasteiger partial charge is 0.493 e. The van der Waals surface area contributed by atoms with Crippen LogP contribution in [0, 0.1) is 0 Å². The lowest BCUT2D eigenvalue weighted by Gasteiger charge is -2.26. The number of benzene rings is 2. The molecule has 0 bridgehead atoms. The molecule has 0 fully saturated rings. The van der Waals surface area contributed by atoms with Crippen molar-refractivity contribution in [2.75, 3.05) is 18.6 Å². The number of carbonyl (C=O) groups excluding carboxylic acids is 1. The summed E-state index contributed by atoms with van der Waals surface area (Å²) in [7, 11) is -2.00. The molecule has 25 heavy (non-hydrogen) atoms. The molecule has 2 aromatic rings. The smallest absolute Gasteiger partial charge is 0.241 e. The first-order valence-corrected chi connectivity index (χ1v) is 9.57. The Bertz CT molecular complexity index is 955. The Morgan fingerprint density at radius 1 is 1.20 bits per heavy atom. The molecule has 6 nitrogen and oxygen atoms in total. The topological polar surface area (TPSA) is 75.7 Å². The van der Waals surface area contributed by atoms with Crippen molar-refractivity contribution in [3.8, 4) is 5.75 Å². The lowest BCUT2D eigenvalue weighted by Crippen LogP contribution is -2.32. The van der Waals surface area contributed by atoms with Gasteiger partial charge in [-0.25, -0.2) is 13.1 Å². The molecule has 1 N–H and O–H groups in total. The number of ether oxygens (including phenoxy) is 1. The fourth-order valence-corrected chi connectivity index (χ4v) is 4.63. The third-order valence-corrected chi connectivity index (χ3v) is 6.16. The summed E-state index contributed by atoms with van der Waals surface area (Å²) < 4.78 is 34.0. The quantitative estimate of drug-likeness (QED) is 0.911. The normalized spacial score (nSPS) is 19.3. The summed E-state index contributed by atoms with van der Waals surface area (Å²) in [4.78, 5) is 13.5. The summed E-state index contributed by atoms with van der Waals surface area (Å²) in [5.41, 5.74) is 2.34. The number of sulfonamides is 1. The van der Waals surface area contributed by atoms with E-state index < -0.39 is 10.0 Å². The Labute approximate surface area is 146 Å². The second kappa shape index (κ2) is 5.86. The van der Waals surface area contributed by atoms with Gasteiger partial charge < -0.3 is 9.64 Å². The number of para-hydroxylation sites is 1. The van der Waals surface area contributed by atoms with Crippen LogP contribution >= 0.6 is 0 Å². The highest BCUT2D eigenvalue weighted by atomic mass is 32.2. The minimum absolute atomic E-state index is 0.0316. The summed E-state index contributed by atoms with van der Waals surface area (Å²) in [6.45, 7) is 0.466. The molecule has 1 unspecified atom stereocenters. The molecule has 0 saturated heterocycles. The molecule has 2 aliphatic rings. The highest BCUT2D eigenvalue weighted by Gasteiger charge is 2.29. The minimum atomic E-state index is -3.69. The highest BCUT2D eigenvalue weighted by molar-refractivity contribution is 7.89. The first-order valence-electron chi connectivity index (χ1n) is 8.09. The van der Waals surface area contributed by atoms with E-state index >= 15 is 0 Å². The number of anilines is 1.